The summed E-state index contributed by atoms with van der Waals surface area (Å²) < 4.78 is 3.46. The Kier molecular flexibility index (Phi) is 3.50. The van der Waals surface area contributed by atoms with Crippen LogP contribution in [0.2, 0.25) is 0 Å². The Hall–Kier alpha value is -2.55. The minimum absolute atomic E-state index is 0.149. The third-order valence-electron chi connectivity index (χ3n) is 4.50. The van der Waals surface area contributed by atoms with E-state index in [2.05, 4.69) is 46.2 Å². The van der Waals surface area contributed by atoms with Gasteiger partial charge in [-0.1, -0.05) is 26.0 Å². The van der Waals surface area contributed by atoms with Crippen molar-refractivity contribution in [1.82, 2.24) is 34.8 Å². The average Bonchev–Trinajstić information content (AvgIpc) is 3.25. The van der Waals surface area contributed by atoms with Crippen molar-refractivity contribution >= 4 is 11.5 Å². The van der Waals surface area contributed by atoms with E-state index in [4.69, 9.17) is 5.10 Å². The highest BCUT2D eigenvalue weighted by Gasteiger charge is 2.37. The van der Waals surface area contributed by atoms with Crippen molar-refractivity contribution in [1.29, 1.82) is 0 Å². The number of aliphatic hydroxyl groups is 1. The summed E-state index contributed by atoms with van der Waals surface area (Å²) in [6.45, 7) is 7.92. The Morgan fingerprint density at radius 1 is 1.24 bits per heavy atom. The molecule has 1 aliphatic heterocycles. The number of anilines is 1. The molecule has 1 unspecified atom stereocenters. The molecule has 0 spiro atoms. The van der Waals surface area contributed by atoms with Crippen molar-refractivity contribution in [3.63, 3.8) is 0 Å². The molecule has 4 heterocycles. The summed E-state index contributed by atoms with van der Waals surface area (Å²) in [6.07, 6.45) is 4.03. The molecule has 3 aromatic rings. The maximum Gasteiger partial charge on any atom is 0.178 e. The second-order valence-electron chi connectivity index (χ2n) is 7.73. The summed E-state index contributed by atoms with van der Waals surface area (Å²) in [7, 11) is 0. The molecule has 1 atom stereocenters. The molecular weight excluding hydrogens is 320 g/mol. The standard InChI is InChI=1S/C16H22N8O/c1-15(2,3)14-19-18-12-4-5-13(20-24(12)14)22-8-6-16(25,10-22)11-23-9-7-17-21-23/h4-5,7,9,25H,6,8,10-11H2,1-3H3. The first-order valence-corrected chi connectivity index (χ1v) is 8.39. The van der Waals surface area contributed by atoms with Crippen LogP contribution in [0.5, 0.6) is 0 Å². The molecule has 0 aliphatic carbocycles. The Morgan fingerprint density at radius 2 is 2.08 bits per heavy atom. The Labute approximate surface area is 145 Å². The number of rotatable bonds is 3. The molecule has 1 N–H and O–H groups in total. The molecule has 4 rings (SSSR count). The lowest BCUT2D eigenvalue weighted by molar-refractivity contribution is 0.0408. The first kappa shape index (κ1) is 15.9. The fraction of sp³-hybridized carbons (Fsp3) is 0.562. The molecule has 1 fully saturated rings. The van der Waals surface area contributed by atoms with Crippen LogP contribution in [0.3, 0.4) is 0 Å². The first-order chi connectivity index (χ1) is 11.8. The Balaban J connectivity index is 1.60. The summed E-state index contributed by atoms with van der Waals surface area (Å²) in [5, 5.41) is 31.8. The van der Waals surface area contributed by atoms with E-state index in [1.807, 2.05) is 12.1 Å². The molecule has 0 amide bonds. The first-order valence-electron chi connectivity index (χ1n) is 8.39. The predicted octanol–water partition coefficient (Wildman–Crippen LogP) is 0.655. The van der Waals surface area contributed by atoms with E-state index in [1.54, 1.807) is 21.6 Å². The lowest BCUT2D eigenvalue weighted by Gasteiger charge is -2.23. The number of nitrogens with zero attached hydrogens (tertiary/aromatic N) is 8. The normalized spacial score (nSPS) is 21.4. The quantitative estimate of drug-likeness (QED) is 0.746. The number of aromatic nitrogens is 7. The van der Waals surface area contributed by atoms with Crippen molar-refractivity contribution in [3.8, 4) is 0 Å². The van der Waals surface area contributed by atoms with E-state index in [0.717, 1.165) is 23.8 Å². The van der Waals surface area contributed by atoms with Gasteiger partial charge in [-0.25, -0.2) is 4.68 Å². The van der Waals surface area contributed by atoms with Crippen LogP contribution in [0.1, 0.15) is 33.0 Å². The van der Waals surface area contributed by atoms with E-state index in [1.165, 1.54) is 0 Å². The van der Waals surface area contributed by atoms with Crippen LogP contribution < -0.4 is 4.90 Å². The van der Waals surface area contributed by atoms with Crippen molar-refractivity contribution in [2.45, 2.75) is 44.8 Å². The third kappa shape index (κ3) is 2.95. The predicted molar refractivity (Wildman–Crippen MR) is 91.3 cm³/mol. The zero-order valence-electron chi connectivity index (χ0n) is 14.7. The SMILES string of the molecule is CC(C)(C)c1nnc2ccc(N3CCC(O)(Cn4ccnn4)C3)nn12. The summed E-state index contributed by atoms with van der Waals surface area (Å²) in [4.78, 5) is 2.09. The van der Waals surface area contributed by atoms with Gasteiger partial charge in [0.2, 0.25) is 0 Å². The van der Waals surface area contributed by atoms with Gasteiger partial charge < -0.3 is 10.0 Å². The molecule has 1 aliphatic rings. The smallest absolute Gasteiger partial charge is 0.178 e. The van der Waals surface area contributed by atoms with Crippen molar-refractivity contribution < 1.29 is 5.11 Å². The fourth-order valence-electron chi connectivity index (χ4n) is 3.22. The number of β-amino-alcohol motifs (C(OH)–C–C–N with tert-alkyl or cyclic N) is 1. The molecule has 0 bridgehead atoms. The summed E-state index contributed by atoms with van der Waals surface area (Å²) in [5.74, 6) is 1.63. The molecule has 9 nitrogen and oxygen atoms in total. The number of hydrogen-bond acceptors (Lipinski definition) is 7. The van der Waals surface area contributed by atoms with Crippen LogP contribution in [0, 0.1) is 0 Å². The van der Waals surface area contributed by atoms with Gasteiger partial charge in [0.1, 0.15) is 11.4 Å². The molecule has 3 aromatic heterocycles. The van der Waals surface area contributed by atoms with E-state index >= 15 is 0 Å². The summed E-state index contributed by atoms with van der Waals surface area (Å²) >= 11 is 0. The minimum Gasteiger partial charge on any atom is -0.386 e. The van der Waals surface area contributed by atoms with E-state index < -0.39 is 5.60 Å². The molecule has 132 valence electrons. The highest BCUT2D eigenvalue weighted by molar-refractivity contribution is 5.47. The molecule has 1 saturated heterocycles. The largest absolute Gasteiger partial charge is 0.386 e. The van der Waals surface area contributed by atoms with Gasteiger partial charge in [0.05, 0.1) is 19.3 Å². The van der Waals surface area contributed by atoms with Crippen molar-refractivity contribution in [3.05, 3.63) is 30.4 Å². The second kappa shape index (κ2) is 5.48. The third-order valence-corrected chi connectivity index (χ3v) is 4.50. The highest BCUT2D eigenvalue weighted by Crippen LogP contribution is 2.28. The number of fused-ring (bicyclic) bond motifs is 1. The molecule has 0 aromatic carbocycles. The Bertz CT molecular complexity index is 881. The summed E-state index contributed by atoms with van der Waals surface area (Å²) in [5.41, 5.74) is -0.264. The average molecular weight is 342 g/mol. The zero-order valence-corrected chi connectivity index (χ0v) is 14.7. The van der Waals surface area contributed by atoms with E-state index in [0.29, 0.717) is 19.5 Å². The van der Waals surface area contributed by atoms with Gasteiger partial charge >= 0.3 is 0 Å². The van der Waals surface area contributed by atoms with Crippen molar-refractivity contribution in [2.24, 2.45) is 0 Å². The van der Waals surface area contributed by atoms with E-state index in [9.17, 15) is 5.11 Å². The summed E-state index contributed by atoms with van der Waals surface area (Å²) in [6, 6.07) is 3.84. The van der Waals surface area contributed by atoms with Gasteiger partial charge in [0.25, 0.3) is 0 Å². The molecular formula is C16H22N8O. The lowest BCUT2D eigenvalue weighted by Crippen LogP contribution is -2.38. The molecule has 25 heavy (non-hydrogen) atoms. The molecule has 0 saturated carbocycles. The van der Waals surface area contributed by atoms with Crippen LogP contribution in [-0.2, 0) is 12.0 Å². The van der Waals surface area contributed by atoms with Gasteiger partial charge in [0.15, 0.2) is 11.5 Å². The monoisotopic (exact) mass is 342 g/mol. The topological polar surface area (TPSA) is 97.3 Å². The van der Waals surface area contributed by atoms with Gasteiger partial charge in [-0.15, -0.1) is 20.4 Å². The van der Waals surface area contributed by atoms with Crippen LogP contribution in [0.15, 0.2) is 24.5 Å². The van der Waals surface area contributed by atoms with Crippen LogP contribution in [-0.4, -0.2) is 58.6 Å². The van der Waals surface area contributed by atoms with E-state index in [-0.39, 0.29) is 5.41 Å². The van der Waals surface area contributed by atoms with Crippen LogP contribution in [0.25, 0.3) is 5.65 Å². The van der Waals surface area contributed by atoms with Gasteiger partial charge in [-0.3, -0.25) is 0 Å². The highest BCUT2D eigenvalue weighted by atomic mass is 16.3. The fourth-order valence-corrected chi connectivity index (χ4v) is 3.22. The zero-order chi connectivity index (χ0) is 17.7. The molecule has 0 radical (unpaired) electrons. The maximum absolute atomic E-state index is 10.9. The van der Waals surface area contributed by atoms with Crippen LogP contribution >= 0.6 is 0 Å². The van der Waals surface area contributed by atoms with Gasteiger partial charge in [-0.2, -0.15) is 4.52 Å². The number of hydrogen-bond donors (Lipinski definition) is 1. The maximum atomic E-state index is 10.9. The van der Waals surface area contributed by atoms with Crippen molar-refractivity contribution in [2.75, 3.05) is 18.0 Å². The van der Waals surface area contributed by atoms with Crippen LogP contribution in [0.4, 0.5) is 5.82 Å². The lowest BCUT2D eigenvalue weighted by atomic mass is 9.96. The second-order valence-corrected chi connectivity index (χ2v) is 7.73. The van der Waals surface area contributed by atoms with Gasteiger partial charge in [0, 0.05) is 18.2 Å². The minimum atomic E-state index is -0.843. The Morgan fingerprint density at radius 3 is 2.80 bits per heavy atom. The van der Waals surface area contributed by atoms with Gasteiger partial charge in [-0.05, 0) is 18.6 Å². The molecule has 9 heteroatoms.